The Morgan fingerprint density at radius 3 is 2.54 bits per heavy atom. The molecule has 0 saturated carbocycles. The number of para-hydroxylation sites is 1. The van der Waals surface area contributed by atoms with Crippen LogP contribution in [0.3, 0.4) is 0 Å². The van der Waals surface area contributed by atoms with Crippen LogP contribution in [0.2, 0.25) is 0 Å². The number of hydrogen-bond donors (Lipinski definition) is 1. The van der Waals surface area contributed by atoms with E-state index in [2.05, 4.69) is 6.92 Å². The first kappa shape index (κ1) is 19.9. The van der Waals surface area contributed by atoms with E-state index in [0.29, 0.717) is 18.6 Å². The molecule has 0 radical (unpaired) electrons. The van der Waals surface area contributed by atoms with Gasteiger partial charge >= 0.3 is 5.97 Å². The van der Waals surface area contributed by atoms with Gasteiger partial charge in [0.05, 0.1) is 5.60 Å². The van der Waals surface area contributed by atoms with Crippen LogP contribution in [0.5, 0.6) is 5.75 Å². The zero-order chi connectivity index (χ0) is 20.0. The van der Waals surface area contributed by atoms with Gasteiger partial charge in [-0.15, -0.1) is 0 Å². The first-order chi connectivity index (χ1) is 13.6. The van der Waals surface area contributed by atoms with Gasteiger partial charge in [-0.05, 0) is 18.1 Å². The predicted molar refractivity (Wildman–Crippen MR) is 109 cm³/mol. The molecule has 4 heteroatoms. The number of carbonyl (C=O) groups is 1. The second-order valence-corrected chi connectivity index (χ2v) is 6.96. The maximum Gasteiger partial charge on any atom is 0.331 e. The fourth-order valence-corrected chi connectivity index (χ4v) is 3.88. The van der Waals surface area contributed by atoms with Gasteiger partial charge in [0.25, 0.3) is 0 Å². The maximum atomic E-state index is 11.5. The van der Waals surface area contributed by atoms with Crippen molar-refractivity contribution < 1.29 is 19.4 Å². The summed E-state index contributed by atoms with van der Waals surface area (Å²) in [5.74, 6) is -0.146. The largest absolute Gasteiger partial charge is 0.489 e. The summed E-state index contributed by atoms with van der Waals surface area (Å²) in [6.45, 7) is 2.57. The molecule has 1 aliphatic carbocycles. The minimum atomic E-state index is -0.908. The van der Waals surface area contributed by atoms with E-state index in [1.807, 2.05) is 60.7 Å². The topological polar surface area (TPSA) is 55.8 Å². The zero-order valence-corrected chi connectivity index (χ0v) is 16.3. The Bertz CT molecular complexity index is 869. The van der Waals surface area contributed by atoms with Crippen LogP contribution in [-0.2, 0) is 16.1 Å². The lowest BCUT2D eigenvalue weighted by Crippen LogP contribution is -2.39. The monoisotopic (exact) mass is 378 g/mol. The Kier molecular flexibility index (Phi) is 6.32. The van der Waals surface area contributed by atoms with E-state index in [1.54, 1.807) is 19.3 Å². The quantitative estimate of drug-likeness (QED) is 0.693. The van der Waals surface area contributed by atoms with Gasteiger partial charge in [-0.2, -0.15) is 0 Å². The molecule has 0 heterocycles. The number of ether oxygens (including phenoxy) is 2. The van der Waals surface area contributed by atoms with Crippen molar-refractivity contribution >= 4 is 5.97 Å². The van der Waals surface area contributed by atoms with Crippen molar-refractivity contribution in [3.63, 3.8) is 0 Å². The smallest absolute Gasteiger partial charge is 0.331 e. The minimum Gasteiger partial charge on any atom is -0.489 e. The van der Waals surface area contributed by atoms with E-state index in [1.165, 1.54) is 0 Å². The number of benzene rings is 2. The lowest BCUT2D eigenvalue weighted by Gasteiger charge is -2.39. The minimum absolute atomic E-state index is 0.0382. The summed E-state index contributed by atoms with van der Waals surface area (Å²) in [5.41, 5.74) is 1.76. The molecule has 0 bridgehead atoms. The van der Waals surface area contributed by atoms with Crippen molar-refractivity contribution in [2.45, 2.75) is 37.9 Å². The van der Waals surface area contributed by atoms with Crippen LogP contribution >= 0.6 is 0 Å². The summed E-state index contributed by atoms with van der Waals surface area (Å²) in [5, 5.41) is 9.47. The summed E-state index contributed by atoms with van der Waals surface area (Å²) in [7, 11) is 1.64. The van der Waals surface area contributed by atoms with E-state index in [4.69, 9.17) is 9.47 Å². The highest BCUT2D eigenvalue weighted by Gasteiger charge is 2.41. The van der Waals surface area contributed by atoms with Crippen LogP contribution in [0, 0.1) is 0 Å². The number of carboxylic acid groups (broad SMARTS) is 1. The Labute approximate surface area is 166 Å². The third kappa shape index (κ3) is 4.18. The predicted octanol–water partition coefficient (Wildman–Crippen LogP) is 5.12. The zero-order valence-electron chi connectivity index (χ0n) is 16.3. The van der Waals surface area contributed by atoms with Gasteiger partial charge in [-0.25, -0.2) is 4.79 Å². The SMILES string of the molecule is CCC(c1ccccc1OCc1ccccc1)C1(OC)C=CC=C(C(=O)O)C1. The van der Waals surface area contributed by atoms with Crippen LogP contribution in [0.15, 0.2) is 78.4 Å². The normalized spacial score (nSPS) is 19.7. The molecule has 1 aliphatic rings. The van der Waals surface area contributed by atoms with Crippen LogP contribution in [0.1, 0.15) is 36.8 Å². The molecule has 0 amide bonds. The van der Waals surface area contributed by atoms with Crippen molar-refractivity contribution in [2.75, 3.05) is 7.11 Å². The van der Waals surface area contributed by atoms with Gasteiger partial charge in [0.2, 0.25) is 0 Å². The Balaban J connectivity index is 1.91. The molecule has 4 nitrogen and oxygen atoms in total. The summed E-state index contributed by atoms with van der Waals surface area (Å²) in [6.07, 6.45) is 6.51. The second kappa shape index (κ2) is 8.89. The molecule has 0 aromatic heterocycles. The Hall–Kier alpha value is -2.85. The molecule has 0 saturated heterocycles. The molecule has 3 rings (SSSR count). The summed E-state index contributed by atoms with van der Waals surface area (Å²) in [6, 6.07) is 18.0. The number of rotatable bonds is 8. The Morgan fingerprint density at radius 2 is 1.86 bits per heavy atom. The van der Waals surface area contributed by atoms with Crippen LogP contribution in [0.4, 0.5) is 0 Å². The molecule has 1 N–H and O–H groups in total. The molecule has 2 aromatic rings. The lowest BCUT2D eigenvalue weighted by atomic mass is 9.74. The van der Waals surface area contributed by atoms with Gasteiger partial charge in [-0.1, -0.05) is 73.7 Å². The Morgan fingerprint density at radius 1 is 1.14 bits per heavy atom. The number of allylic oxidation sites excluding steroid dienone is 2. The fraction of sp³-hybridized carbons (Fsp3) is 0.292. The molecule has 0 spiro atoms. The molecule has 146 valence electrons. The van der Waals surface area contributed by atoms with Crippen molar-refractivity contribution in [3.05, 3.63) is 89.5 Å². The van der Waals surface area contributed by atoms with Crippen molar-refractivity contribution in [3.8, 4) is 5.75 Å². The first-order valence-electron chi connectivity index (χ1n) is 9.52. The van der Waals surface area contributed by atoms with Gasteiger partial charge in [0.15, 0.2) is 0 Å². The van der Waals surface area contributed by atoms with E-state index in [0.717, 1.165) is 23.3 Å². The van der Waals surface area contributed by atoms with E-state index in [-0.39, 0.29) is 5.92 Å². The van der Waals surface area contributed by atoms with Crippen molar-refractivity contribution in [1.29, 1.82) is 0 Å². The third-order valence-corrected chi connectivity index (χ3v) is 5.33. The first-order valence-corrected chi connectivity index (χ1v) is 9.52. The summed E-state index contributed by atoms with van der Waals surface area (Å²) < 4.78 is 12.1. The van der Waals surface area contributed by atoms with Crippen LogP contribution in [0.25, 0.3) is 0 Å². The number of aliphatic carboxylic acids is 1. The highest BCUT2D eigenvalue weighted by molar-refractivity contribution is 5.87. The average Bonchev–Trinajstić information content (AvgIpc) is 2.74. The summed E-state index contributed by atoms with van der Waals surface area (Å²) >= 11 is 0. The number of methoxy groups -OCH3 is 1. The standard InChI is InChI=1S/C24H26O4/c1-3-21(24(27-2)15-9-12-19(16-24)23(25)26)20-13-7-8-14-22(20)28-17-18-10-5-4-6-11-18/h4-15,21H,3,16-17H2,1-2H3,(H,25,26). The lowest BCUT2D eigenvalue weighted by molar-refractivity contribution is -0.133. The molecular formula is C24H26O4. The van der Waals surface area contributed by atoms with Crippen LogP contribution < -0.4 is 4.74 Å². The molecule has 2 unspecified atom stereocenters. The molecule has 0 fully saturated rings. The van der Waals surface area contributed by atoms with Gasteiger partial charge in [0.1, 0.15) is 12.4 Å². The number of hydrogen-bond acceptors (Lipinski definition) is 3. The van der Waals surface area contributed by atoms with Gasteiger partial charge in [-0.3, -0.25) is 0 Å². The van der Waals surface area contributed by atoms with E-state index < -0.39 is 11.6 Å². The van der Waals surface area contributed by atoms with Crippen molar-refractivity contribution in [2.24, 2.45) is 0 Å². The highest BCUT2D eigenvalue weighted by atomic mass is 16.5. The van der Waals surface area contributed by atoms with Gasteiger partial charge in [0, 0.05) is 30.6 Å². The molecule has 2 atom stereocenters. The highest BCUT2D eigenvalue weighted by Crippen LogP contribution is 2.44. The fourth-order valence-electron chi connectivity index (χ4n) is 3.88. The van der Waals surface area contributed by atoms with Crippen LogP contribution in [-0.4, -0.2) is 23.8 Å². The molecule has 28 heavy (non-hydrogen) atoms. The van der Waals surface area contributed by atoms with Crippen molar-refractivity contribution in [1.82, 2.24) is 0 Å². The van der Waals surface area contributed by atoms with E-state index >= 15 is 0 Å². The summed E-state index contributed by atoms with van der Waals surface area (Å²) in [4.78, 5) is 11.5. The number of carboxylic acids is 1. The molecule has 2 aromatic carbocycles. The third-order valence-electron chi connectivity index (χ3n) is 5.33. The maximum absolute atomic E-state index is 11.5. The second-order valence-electron chi connectivity index (χ2n) is 6.96. The molecule has 0 aliphatic heterocycles. The molecular weight excluding hydrogens is 352 g/mol. The van der Waals surface area contributed by atoms with E-state index in [9.17, 15) is 9.90 Å². The van der Waals surface area contributed by atoms with Gasteiger partial charge < -0.3 is 14.6 Å². The average molecular weight is 378 g/mol.